The Bertz CT molecular complexity index is 1370. The van der Waals surface area contributed by atoms with Gasteiger partial charge in [0.2, 0.25) is 0 Å². The summed E-state index contributed by atoms with van der Waals surface area (Å²) in [5.41, 5.74) is 1.05. The number of likely N-dealkylation sites (tertiary alicyclic amines) is 1. The topological polar surface area (TPSA) is 149 Å². The van der Waals surface area contributed by atoms with Gasteiger partial charge >= 0.3 is 18.2 Å². The van der Waals surface area contributed by atoms with E-state index in [2.05, 4.69) is 23.7 Å². The Labute approximate surface area is 221 Å². The van der Waals surface area contributed by atoms with E-state index in [9.17, 15) is 35.6 Å². The molecule has 2 aliphatic rings. The molecule has 2 atom stereocenters. The second-order valence-corrected chi connectivity index (χ2v) is 11.7. The van der Waals surface area contributed by atoms with Crippen LogP contribution in [0.1, 0.15) is 31.0 Å². The molecule has 214 valence electrons. The number of nitrogens with zero attached hydrogens (tertiary/aromatic N) is 3. The van der Waals surface area contributed by atoms with Gasteiger partial charge < -0.3 is 14.9 Å². The van der Waals surface area contributed by atoms with E-state index in [-0.39, 0.29) is 32.1 Å². The van der Waals surface area contributed by atoms with Crippen molar-refractivity contribution in [2.75, 3.05) is 32.9 Å². The predicted octanol–water partition coefficient (Wildman–Crippen LogP) is 1.00. The van der Waals surface area contributed by atoms with E-state index in [1.807, 2.05) is 11.9 Å². The number of halogens is 4. The van der Waals surface area contributed by atoms with Crippen molar-refractivity contribution in [3.05, 3.63) is 23.5 Å². The number of carbonyl (C=O) groups is 3. The molecule has 3 rings (SSSR count). The molecule has 1 aromatic rings. The molecule has 0 radical (unpaired) electrons. The van der Waals surface area contributed by atoms with E-state index in [4.69, 9.17) is 15.1 Å². The number of aromatic nitrogens is 1. The zero-order valence-corrected chi connectivity index (χ0v) is 21.9. The number of hydrogen-bond donors (Lipinski definition) is 3. The third kappa shape index (κ3) is 7.72. The number of aliphatic carboxylic acids is 1. The minimum Gasteiger partial charge on any atom is -0.475 e. The van der Waals surface area contributed by atoms with E-state index in [1.54, 1.807) is 6.07 Å². The van der Waals surface area contributed by atoms with Crippen LogP contribution in [0.3, 0.4) is 0 Å². The predicted molar refractivity (Wildman–Crippen MR) is 128 cm³/mol. The number of hydroxylamine groups is 1. The third-order valence-electron chi connectivity index (χ3n) is 6.20. The lowest BCUT2D eigenvalue weighted by atomic mass is 10.1. The van der Waals surface area contributed by atoms with Crippen molar-refractivity contribution in [3.63, 3.8) is 0 Å². The summed E-state index contributed by atoms with van der Waals surface area (Å²) in [5.74, 6) is 6.74. The zero-order valence-electron chi connectivity index (χ0n) is 21.1. The fourth-order valence-electron chi connectivity index (χ4n) is 3.70. The van der Waals surface area contributed by atoms with Gasteiger partial charge in [-0.05, 0) is 44.2 Å². The maximum Gasteiger partial charge on any atom is 0.490 e. The highest BCUT2D eigenvalue weighted by Gasteiger charge is 2.44. The lowest BCUT2D eigenvalue weighted by Crippen LogP contribution is -2.50. The smallest absolute Gasteiger partial charge is 0.475 e. The van der Waals surface area contributed by atoms with Crippen LogP contribution < -0.4 is 5.48 Å². The maximum absolute atomic E-state index is 14.4. The summed E-state index contributed by atoms with van der Waals surface area (Å²) in [7, 11) is -2.02. The van der Waals surface area contributed by atoms with Gasteiger partial charge in [-0.15, -0.1) is 0 Å². The Morgan fingerprint density at radius 3 is 2.33 bits per heavy atom. The molecule has 1 aromatic heterocycles. The van der Waals surface area contributed by atoms with Gasteiger partial charge in [0.05, 0.1) is 6.54 Å². The molecule has 0 unspecified atom stereocenters. The Morgan fingerprint density at radius 2 is 1.87 bits per heavy atom. The highest BCUT2D eigenvalue weighted by Crippen LogP contribution is 2.26. The van der Waals surface area contributed by atoms with E-state index in [0.717, 1.165) is 6.26 Å². The Kier molecular flexibility index (Phi) is 9.44. The minimum atomic E-state index is -5.08. The van der Waals surface area contributed by atoms with Crippen molar-refractivity contribution in [2.45, 2.75) is 42.9 Å². The minimum absolute atomic E-state index is 0.00296. The number of fused-ring (bicyclic) bond motifs is 1. The first kappa shape index (κ1) is 31.6. The third-order valence-corrected chi connectivity index (χ3v) is 8.22. The van der Waals surface area contributed by atoms with Crippen LogP contribution in [0.25, 0.3) is 0 Å². The molecule has 0 spiro atoms. The standard InChI is InChI=1S/C21H25FN4O5S.C2HF3O2/c1-20(18(27)23-29,32(3,30)31)8-11-25-14-17-12-16(13-26(17)19(25)28)6-4-5-7-21(22)9-10-24(2)15-21;3-2(4,5)1(6)7/h12-13,29H,8-11,14-15H2,1-3H3,(H,23,27);(H,6,7)/t20-,21+;/m1./s1. The molecule has 16 heteroatoms. The summed E-state index contributed by atoms with van der Waals surface area (Å²) >= 11 is 0. The number of carboxylic acids is 1. The number of hydrogen-bond acceptors (Lipinski definition) is 7. The van der Waals surface area contributed by atoms with Crippen molar-refractivity contribution in [1.29, 1.82) is 0 Å². The molecule has 0 saturated carbocycles. The van der Waals surface area contributed by atoms with Crippen LogP contribution >= 0.6 is 0 Å². The number of carbonyl (C=O) groups excluding carboxylic acids is 2. The second kappa shape index (κ2) is 11.6. The summed E-state index contributed by atoms with van der Waals surface area (Å²) < 4.78 is 69.8. The van der Waals surface area contributed by atoms with Crippen LogP contribution in [0.15, 0.2) is 12.3 Å². The Balaban J connectivity index is 0.000000673. The van der Waals surface area contributed by atoms with E-state index in [1.165, 1.54) is 28.1 Å². The van der Waals surface area contributed by atoms with Crippen LogP contribution in [-0.2, 0) is 26.0 Å². The van der Waals surface area contributed by atoms with Gasteiger partial charge in [0, 0.05) is 49.8 Å². The molecular formula is C23H26F4N4O7S. The number of amides is 2. The summed E-state index contributed by atoms with van der Waals surface area (Å²) in [5, 5.41) is 16.0. The molecule has 11 nitrogen and oxygen atoms in total. The first-order chi connectivity index (χ1) is 17.8. The molecular weight excluding hydrogens is 552 g/mol. The zero-order chi connectivity index (χ0) is 29.8. The normalized spacial score (nSPS) is 20.4. The quantitative estimate of drug-likeness (QED) is 0.203. The number of sulfone groups is 1. The van der Waals surface area contributed by atoms with Crippen molar-refractivity contribution in [3.8, 4) is 23.7 Å². The van der Waals surface area contributed by atoms with Crippen LogP contribution in [-0.4, -0.2) is 101 Å². The lowest BCUT2D eigenvalue weighted by Gasteiger charge is -2.27. The van der Waals surface area contributed by atoms with Crippen LogP contribution in [0, 0.1) is 23.7 Å². The highest BCUT2D eigenvalue weighted by atomic mass is 32.2. The largest absolute Gasteiger partial charge is 0.490 e. The van der Waals surface area contributed by atoms with E-state index >= 15 is 0 Å². The summed E-state index contributed by atoms with van der Waals surface area (Å²) in [6, 6.07) is 1.33. The van der Waals surface area contributed by atoms with Crippen molar-refractivity contribution in [2.24, 2.45) is 0 Å². The molecule has 0 aliphatic carbocycles. The molecule has 3 heterocycles. The molecule has 1 saturated heterocycles. The molecule has 2 amide bonds. The van der Waals surface area contributed by atoms with Crippen LogP contribution in [0.5, 0.6) is 0 Å². The Hall–Kier alpha value is -3.60. The Morgan fingerprint density at radius 1 is 1.26 bits per heavy atom. The number of carboxylic acid groups (broad SMARTS) is 1. The van der Waals surface area contributed by atoms with Crippen LogP contribution in [0.4, 0.5) is 22.4 Å². The maximum atomic E-state index is 14.4. The molecule has 39 heavy (non-hydrogen) atoms. The van der Waals surface area contributed by atoms with Gasteiger partial charge in [0.25, 0.3) is 5.91 Å². The molecule has 0 bridgehead atoms. The summed E-state index contributed by atoms with van der Waals surface area (Å²) in [6.07, 6.45) is -2.48. The van der Waals surface area contributed by atoms with Gasteiger partial charge in [-0.3, -0.25) is 14.6 Å². The van der Waals surface area contributed by atoms with Gasteiger partial charge in [-0.25, -0.2) is 27.9 Å². The fourth-order valence-corrected chi connectivity index (χ4v) is 4.55. The van der Waals surface area contributed by atoms with Crippen molar-refractivity contribution in [1.82, 2.24) is 19.8 Å². The molecule has 1 fully saturated rings. The summed E-state index contributed by atoms with van der Waals surface area (Å²) in [6.45, 7) is 2.32. The SMILES string of the molecule is CN1CC[C@@](F)(C#CC#Cc2cc3n(c2)C(=O)N(CC[C@](C)(C(=O)NO)S(C)(=O)=O)C3)C1.O=C(O)C(F)(F)F. The average molecular weight is 579 g/mol. The number of nitrogens with one attached hydrogen (secondary N) is 1. The van der Waals surface area contributed by atoms with Crippen molar-refractivity contribution >= 4 is 27.7 Å². The average Bonchev–Trinajstić information content (AvgIpc) is 3.47. The fraction of sp³-hybridized carbons (Fsp3) is 0.522. The number of rotatable bonds is 5. The second-order valence-electron chi connectivity index (χ2n) is 9.24. The van der Waals surface area contributed by atoms with E-state index in [0.29, 0.717) is 24.2 Å². The van der Waals surface area contributed by atoms with Crippen molar-refractivity contribution < 1.29 is 50.7 Å². The lowest BCUT2D eigenvalue weighted by molar-refractivity contribution is -0.192. The van der Waals surface area contributed by atoms with Gasteiger partial charge in [-0.1, -0.05) is 5.92 Å². The van der Waals surface area contributed by atoms with E-state index < -0.39 is 38.3 Å². The van der Waals surface area contributed by atoms with Gasteiger partial charge in [0.1, 0.15) is 0 Å². The number of alkyl halides is 4. The molecule has 2 aliphatic heterocycles. The monoisotopic (exact) mass is 578 g/mol. The first-order valence-electron chi connectivity index (χ1n) is 11.2. The molecule has 0 aromatic carbocycles. The highest BCUT2D eigenvalue weighted by molar-refractivity contribution is 7.92. The van der Waals surface area contributed by atoms with Gasteiger partial charge in [-0.2, -0.15) is 13.2 Å². The first-order valence-corrected chi connectivity index (χ1v) is 13.1. The molecule has 3 N–H and O–H groups in total. The van der Waals surface area contributed by atoms with Gasteiger partial charge in [0.15, 0.2) is 20.3 Å². The summed E-state index contributed by atoms with van der Waals surface area (Å²) in [4.78, 5) is 36.7. The van der Waals surface area contributed by atoms with Crippen LogP contribution in [0.2, 0.25) is 0 Å².